The van der Waals surface area contributed by atoms with Gasteiger partial charge in [0.1, 0.15) is 12.2 Å². The Hall–Kier alpha value is -3.48. The van der Waals surface area contributed by atoms with Crippen LogP contribution in [-0.2, 0) is 28.5 Å². The zero-order valence-corrected chi connectivity index (χ0v) is 38.6. The Morgan fingerprint density at radius 2 is 1.34 bits per heavy atom. The fourth-order valence-corrected chi connectivity index (χ4v) is 7.88. The molecular formula is C48H76N2O17. The van der Waals surface area contributed by atoms with Crippen LogP contribution in [0.1, 0.15) is 78.6 Å². The van der Waals surface area contributed by atoms with Gasteiger partial charge in [-0.25, -0.2) is 0 Å². The largest absolute Gasteiger partial charge is 0.462 e. The monoisotopic (exact) mass is 953 g/mol. The number of carbonyl (C=O) groups excluding carboxylic acids is 2. The summed E-state index contributed by atoms with van der Waals surface area (Å²) >= 11 is 0. The van der Waals surface area contributed by atoms with E-state index in [1.807, 2.05) is 25.2 Å². The van der Waals surface area contributed by atoms with E-state index in [4.69, 9.17) is 24.7 Å². The summed E-state index contributed by atoms with van der Waals surface area (Å²) in [5.74, 6) is -5.35. The van der Waals surface area contributed by atoms with Crippen molar-refractivity contribution >= 4 is 11.9 Å². The molecule has 3 heterocycles. The Labute approximate surface area is 392 Å². The number of aliphatic hydroxyl groups is 11. The van der Waals surface area contributed by atoms with Gasteiger partial charge in [0.25, 0.3) is 0 Å². The highest BCUT2D eigenvalue weighted by molar-refractivity contribution is 5.80. The van der Waals surface area contributed by atoms with Gasteiger partial charge in [-0.05, 0) is 33.1 Å². The van der Waals surface area contributed by atoms with Gasteiger partial charge in [0, 0.05) is 44.6 Å². The van der Waals surface area contributed by atoms with E-state index in [9.17, 15) is 65.8 Å². The van der Waals surface area contributed by atoms with Crippen LogP contribution < -0.4 is 11.1 Å². The third kappa shape index (κ3) is 21.4. The minimum atomic E-state index is -2.30. The Morgan fingerprint density at radius 3 is 1.96 bits per heavy atom. The smallest absolute Gasteiger partial charge is 0.308 e. The number of aliphatic hydroxyl groups excluding tert-OH is 10. The molecule has 0 saturated carbocycles. The zero-order valence-electron chi connectivity index (χ0n) is 38.6. The summed E-state index contributed by atoms with van der Waals surface area (Å²) in [7, 11) is 0. The van der Waals surface area contributed by atoms with Gasteiger partial charge in [-0.1, -0.05) is 92.0 Å². The van der Waals surface area contributed by atoms with Crippen LogP contribution in [0.5, 0.6) is 0 Å². The van der Waals surface area contributed by atoms with E-state index >= 15 is 0 Å². The van der Waals surface area contributed by atoms with E-state index in [-0.39, 0.29) is 51.2 Å². The Morgan fingerprint density at radius 1 is 0.746 bits per heavy atom. The Bertz CT molecular complexity index is 1690. The number of rotatable bonds is 5. The molecule has 3 rings (SSSR count). The van der Waals surface area contributed by atoms with Crippen molar-refractivity contribution in [2.75, 3.05) is 13.2 Å². The summed E-state index contributed by atoms with van der Waals surface area (Å²) < 4.78 is 23.1. The molecule has 0 aromatic carbocycles. The molecule has 0 radical (unpaired) electrons. The number of nitrogens with one attached hydrogen (secondary N) is 1. The summed E-state index contributed by atoms with van der Waals surface area (Å²) in [5, 5.41) is 121. The Balaban J connectivity index is 1.89. The van der Waals surface area contributed by atoms with Crippen LogP contribution in [0.3, 0.4) is 0 Å². The number of carbonyl (C=O) groups is 2. The zero-order chi connectivity index (χ0) is 49.7. The highest BCUT2D eigenvalue weighted by Gasteiger charge is 2.50. The summed E-state index contributed by atoms with van der Waals surface area (Å²) in [5.41, 5.74) is 5.98. The first-order valence-electron chi connectivity index (χ1n) is 23.1. The van der Waals surface area contributed by atoms with Crippen molar-refractivity contribution in [1.82, 2.24) is 5.32 Å². The number of hydrogen-bond acceptors (Lipinski definition) is 18. The lowest BCUT2D eigenvalue weighted by Crippen LogP contribution is -2.59. The van der Waals surface area contributed by atoms with Crippen LogP contribution in [0, 0.1) is 11.8 Å². The van der Waals surface area contributed by atoms with Gasteiger partial charge in [-0.2, -0.15) is 0 Å². The van der Waals surface area contributed by atoms with Crippen LogP contribution in [0.15, 0.2) is 85.1 Å². The maximum absolute atomic E-state index is 13.5. The first-order chi connectivity index (χ1) is 31.7. The van der Waals surface area contributed by atoms with Crippen molar-refractivity contribution in [1.29, 1.82) is 0 Å². The molecule has 3 aliphatic rings. The van der Waals surface area contributed by atoms with Gasteiger partial charge < -0.3 is 86.2 Å². The standard InChI is InChI=1S/C48H76N2O17/c1-29-16-14-12-10-8-6-4-5-7-9-11-13-15-17-35(66-47-45(61)44(49)40(59)28-64-47)24-41-43(46(62)50-27-30(2)51)39(58)26-48(63,67-41)25-34(54)22-38(57)36(55)19-18-32(52)21-33(53)23-42(60)65-31(3)20-37(29)56/h4-17,29-41,43-45,47,51-59,61,63H,18-28,49H2,1-3H3,(H,50,62)/b5-4+,8-6+,9-7+,12-10+,13-11+,16-14+,17-15+/t29-,30?,31-,32?,33?,34?,35?,36?,37-,38?,39-,40+,41-,43+,44-,45-,47-,48?/m0/s1. The molecule has 2 fully saturated rings. The van der Waals surface area contributed by atoms with E-state index in [0.29, 0.717) is 0 Å². The second kappa shape index (κ2) is 29.5. The molecule has 2 saturated heterocycles. The number of hydrogen-bond donors (Lipinski definition) is 13. The minimum Gasteiger partial charge on any atom is -0.462 e. The molecule has 1 amide bonds. The lowest BCUT2D eigenvalue weighted by atomic mass is 9.82. The van der Waals surface area contributed by atoms with Crippen LogP contribution in [0.25, 0.3) is 0 Å². The molecule has 0 spiro atoms. The summed E-state index contributed by atoms with van der Waals surface area (Å²) in [6.07, 6.45) is 4.32. The molecule has 19 heteroatoms. The normalized spacial score (nSPS) is 42.7. The van der Waals surface area contributed by atoms with Gasteiger partial charge in [0.2, 0.25) is 5.91 Å². The van der Waals surface area contributed by atoms with E-state index in [1.54, 1.807) is 73.8 Å². The van der Waals surface area contributed by atoms with Crippen molar-refractivity contribution in [3.05, 3.63) is 85.1 Å². The number of esters is 1. The van der Waals surface area contributed by atoms with Crippen LogP contribution in [0.2, 0.25) is 0 Å². The fraction of sp³-hybridized carbons (Fsp3) is 0.667. The van der Waals surface area contributed by atoms with E-state index < -0.39 is 141 Å². The molecule has 18 atom stereocenters. The van der Waals surface area contributed by atoms with Crippen molar-refractivity contribution < 1.29 is 84.7 Å². The summed E-state index contributed by atoms with van der Waals surface area (Å²) in [4.78, 5) is 26.0. The molecule has 8 unspecified atom stereocenters. The number of fused-ring (bicyclic) bond motifs is 2. The molecule has 3 aliphatic heterocycles. The molecule has 14 N–H and O–H groups in total. The van der Waals surface area contributed by atoms with Crippen LogP contribution in [-0.4, -0.2) is 179 Å². The highest BCUT2D eigenvalue weighted by Crippen LogP contribution is 2.38. The molecule has 2 bridgehead atoms. The van der Waals surface area contributed by atoms with Crippen LogP contribution in [0.4, 0.5) is 0 Å². The lowest BCUT2D eigenvalue weighted by molar-refractivity contribution is -0.304. The molecule has 0 aromatic heterocycles. The first-order valence-corrected chi connectivity index (χ1v) is 23.1. The topological polar surface area (TPSA) is 332 Å². The third-order valence-corrected chi connectivity index (χ3v) is 11.6. The van der Waals surface area contributed by atoms with Gasteiger partial charge in [-0.3, -0.25) is 9.59 Å². The SMILES string of the molecule is CC(O)CNC(=O)[C@H]1[C@@H]2CC(O[C@@H]3OC[C@@H](O)[C@H](N)[C@@H]3O)/C=C/C=C/C=C/C=C/C=C/C=C/C=C/[C@H](C)[C@@H](O)C[C@H](C)OC(=O)CC(O)CC(O)CCC(O)C(O)CC(O)CC(O)(C[C@@H]1O)O2. The maximum Gasteiger partial charge on any atom is 0.308 e. The average molecular weight is 953 g/mol. The van der Waals surface area contributed by atoms with E-state index in [2.05, 4.69) is 5.32 Å². The highest BCUT2D eigenvalue weighted by atomic mass is 16.7. The fourth-order valence-electron chi connectivity index (χ4n) is 7.88. The predicted molar refractivity (Wildman–Crippen MR) is 245 cm³/mol. The molecule has 380 valence electrons. The summed E-state index contributed by atoms with van der Waals surface area (Å²) in [6.45, 7) is 4.46. The van der Waals surface area contributed by atoms with E-state index in [1.165, 1.54) is 6.92 Å². The number of allylic oxidation sites excluding steroid dienone is 12. The van der Waals surface area contributed by atoms with Gasteiger partial charge in [-0.15, -0.1) is 0 Å². The minimum absolute atomic E-state index is 0.101. The predicted octanol–water partition coefficient (Wildman–Crippen LogP) is -0.510. The quantitative estimate of drug-likeness (QED) is 0.154. The van der Waals surface area contributed by atoms with Crippen molar-refractivity contribution in [2.24, 2.45) is 17.6 Å². The average Bonchev–Trinajstić information content (AvgIpc) is 3.23. The van der Waals surface area contributed by atoms with E-state index in [0.717, 1.165) is 0 Å². The molecule has 0 aromatic rings. The third-order valence-electron chi connectivity index (χ3n) is 11.6. The number of nitrogens with two attached hydrogens (primary N) is 1. The second-order valence-corrected chi connectivity index (χ2v) is 18.0. The van der Waals surface area contributed by atoms with Crippen molar-refractivity contribution in [3.63, 3.8) is 0 Å². The lowest BCUT2D eigenvalue weighted by Gasteiger charge is -2.45. The number of amides is 1. The van der Waals surface area contributed by atoms with Crippen LogP contribution >= 0.6 is 0 Å². The first kappa shape index (κ1) is 57.8. The number of cyclic esters (lactones) is 1. The maximum atomic E-state index is 13.5. The summed E-state index contributed by atoms with van der Waals surface area (Å²) in [6, 6.07) is -1.12. The second-order valence-electron chi connectivity index (χ2n) is 18.0. The molecule has 67 heavy (non-hydrogen) atoms. The van der Waals surface area contributed by atoms with Gasteiger partial charge >= 0.3 is 5.97 Å². The van der Waals surface area contributed by atoms with Crippen molar-refractivity contribution in [3.8, 4) is 0 Å². The molecule has 0 aliphatic carbocycles. The Kier molecular flexibility index (Phi) is 25.5. The molecular weight excluding hydrogens is 877 g/mol. The van der Waals surface area contributed by atoms with Gasteiger partial charge in [0.15, 0.2) is 12.1 Å². The van der Waals surface area contributed by atoms with Gasteiger partial charge in [0.05, 0.1) is 92.1 Å². The number of ether oxygens (including phenoxy) is 4. The molecule has 19 nitrogen and oxygen atoms in total. The van der Waals surface area contributed by atoms with Crippen molar-refractivity contribution in [2.45, 2.75) is 176 Å².